The first-order valence-corrected chi connectivity index (χ1v) is 18.3. The zero-order valence-electron chi connectivity index (χ0n) is 29.8. The number of fused-ring (bicyclic) bond motifs is 8. The number of hydrogen-bond donors (Lipinski definition) is 0. The molecule has 5 aromatic carbocycles. The Hall–Kier alpha value is -4.73. The molecule has 9 rings (SSSR count). The monoisotopic (exact) mass is 674 g/mol. The molecule has 2 aliphatic carbocycles. The smallest absolute Gasteiger partial charge is 0.127 e. The highest BCUT2D eigenvalue weighted by atomic mass is 35.5. The van der Waals surface area contributed by atoms with E-state index in [1.54, 1.807) is 0 Å². The van der Waals surface area contributed by atoms with Gasteiger partial charge in [-0.1, -0.05) is 101 Å². The first kappa shape index (κ1) is 31.3. The highest BCUT2D eigenvalue weighted by Gasteiger charge is 2.41. The molecule has 4 heteroatoms. The fraction of sp³-hybridized carbons (Fsp3) is 0.261. The molecule has 0 spiro atoms. The summed E-state index contributed by atoms with van der Waals surface area (Å²) in [7, 11) is 0. The van der Waals surface area contributed by atoms with Crippen molar-refractivity contribution in [2.75, 3.05) is 4.90 Å². The highest BCUT2D eigenvalue weighted by molar-refractivity contribution is 6.30. The van der Waals surface area contributed by atoms with Crippen LogP contribution in [-0.2, 0) is 10.8 Å². The Balaban J connectivity index is 1.33. The summed E-state index contributed by atoms with van der Waals surface area (Å²) in [5, 5.41) is 2.06. The molecule has 0 N–H and O–H groups in total. The lowest BCUT2D eigenvalue weighted by Gasteiger charge is -2.34. The number of ether oxygens (including phenoxy) is 1. The van der Waals surface area contributed by atoms with Gasteiger partial charge in [0, 0.05) is 55.3 Å². The van der Waals surface area contributed by atoms with Gasteiger partial charge in [-0.25, -0.2) is 0 Å². The van der Waals surface area contributed by atoms with E-state index < -0.39 is 0 Å². The van der Waals surface area contributed by atoms with Crippen molar-refractivity contribution < 1.29 is 4.74 Å². The van der Waals surface area contributed by atoms with E-state index in [0.717, 1.165) is 47.1 Å². The number of halogens is 1. The van der Waals surface area contributed by atoms with Crippen LogP contribution in [0.1, 0.15) is 81.7 Å². The highest BCUT2D eigenvalue weighted by Crippen LogP contribution is 2.55. The maximum absolute atomic E-state index is 6.73. The van der Waals surface area contributed by atoms with Gasteiger partial charge in [0.2, 0.25) is 0 Å². The largest absolute Gasteiger partial charge is 0.485 e. The molecule has 0 saturated heterocycles. The number of nitrogens with zero attached hydrogens (tertiary/aromatic N) is 2. The number of aryl methyl sites for hydroxylation is 1. The second-order valence-electron chi connectivity index (χ2n) is 15.9. The van der Waals surface area contributed by atoms with Crippen LogP contribution >= 0.6 is 11.6 Å². The number of benzene rings is 5. The third-order valence-corrected chi connectivity index (χ3v) is 11.4. The van der Waals surface area contributed by atoms with Crippen LogP contribution in [0.3, 0.4) is 0 Å². The zero-order valence-corrected chi connectivity index (χ0v) is 30.5. The van der Waals surface area contributed by atoms with Gasteiger partial charge in [0.1, 0.15) is 11.9 Å². The molecule has 0 bridgehead atoms. The normalized spacial score (nSPS) is 17.3. The summed E-state index contributed by atoms with van der Waals surface area (Å²) in [6, 6.07) is 40.0. The lowest BCUT2D eigenvalue weighted by Crippen LogP contribution is -2.26. The summed E-state index contributed by atoms with van der Waals surface area (Å²) in [4.78, 5) is 2.46. The van der Waals surface area contributed by atoms with Gasteiger partial charge in [-0.2, -0.15) is 0 Å². The first-order valence-electron chi connectivity index (χ1n) is 18.0. The lowest BCUT2D eigenvalue weighted by atomic mass is 9.80. The second kappa shape index (κ2) is 11.1. The van der Waals surface area contributed by atoms with Gasteiger partial charge in [-0.15, -0.1) is 0 Å². The summed E-state index contributed by atoms with van der Waals surface area (Å²) < 4.78 is 9.10. The van der Waals surface area contributed by atoms with Crippen LogP contribution in [0.2, 0.25) is 5.02 Å². The molecular formula is C46H43ClN2O. The minimum atomic E-state index is -0.134. The molecule has 250 valence electrons. The van der Waals surface area contributed by atoms with E-state index >= 15 is 0 Å². The molecule has 1 aromatic heterocycles. The molecule has 0 saturated carbocycles. The van der Waals surface area contributed by atoms with Crippen LogP contribution in [0, 0.1) is 6.92 Å². The van der Waals surface area contributed by atoms with Crippen molar-refractivity contribution in [1.82, 2.24) is 4.57 Å². The molecule has 0 amide bonds. The average molecular weight is 675 g/mol. The van der Waals surface area contributed by atoms with Crippen LogP contribution in [0.5, 0.6) is 5.75 Å². The molecule has 1 atom stereocenters. The summed E-state index contributed by atoms with van der Waals surface area (Å²) in [6.45, 7) is 13.9. The first-order chi connectivity index (χ1) is 24.0. The molecule has 3 nitrogen and oxygen atoms in total. The molecule has 50 heavy (non-hydrogen) atoms. The van der Waals surface area contributed by atoms with Gasteiger partial charge in [-0.3, -0.25) is 0 Å². The molecule has 0 fully saturated rings. The van der Waals surface area contributed by atoms with Crippen LogP contribution in [-0.4, -0.2) is 10.7 Å². The Kier molecular flexibility index (Phi) is 6.96. The van der Waals surface area contributed by atoms with E-state index in [9.17, 15) is 0 Å². The Morgan fingerprint density at radius 1 is 0.820 bits per heavy atom. The summed E-state index contributed by atoms with van der Waals surface area (Å²) in [6.07, 6.45) is 3.08. The third kappa shape index (κ3) is 4.70. The van der Waals surface area contributed by atoms with Gasteiger partial charge < -0.3 is 14.2 Å². The maximum atomic E-state index is 6.73. The van der Waals surface area contributed by atoms with Crippen molar-refractivity contribution in [1.29, 1.82) is 0 Å². The number of anilines is 2. The predicted molar refractivity (Wildman–Crippen MR) is 209 cm³/mol. The van der Waals surface area contributed by atoms with Crippen LogP contribution in [0.4, 0.5) is 11.4 Å². The number of allylic oxidation sites excluding steroid dienone is 1. The van der Waals surface area contributed by atoms with Gasteiger partial charge in [0.25, 0.3) is 0 Å². The van der Waals surface area contributed by atoms with Crippen molar-refractivity contribution in [2.45, 2.75) is 77.7 Å². The summed E-state index contributed by atoms with van der Waals surface area (Å²) in [5.41, 5.74) is 16.3. The number of hydrogen-bond acceptors (Lipinski definition) is 2. The third-order valence-electron chi connectivity index (χ3n) is 11.2. The molecule has 2 heterocycles. The van der Waals surface area contributed by atoms with Gasteiger partial charge in [0.05, 0.1) is 11.2 Å². The van der Waals surface area contributed by atoms with E-state index in [2.05, 4.69) is 154 Å². The van der Waals surface area contributed by atoms with Crippen molar-refractivity contribution >= 4 is 39.5 Å². The fourth-order valence-corrected chi connectivity index (χ4v) is 9.09. The lowest BCUT2D eigenvalue weighted by molar-refractivity contribution is 0.255. The van der Waals surface area contributed by atoms with Crippen LogP contribution < -0.4 is 9.64 Å². The van der Waals surface area contributed by atoms with E-state index in [-0.39, 0.29) is 16.9 Å². The molecular weight excluding hydrogens is 632 g/mol. The zero-order chi connectivity index (χ0) is 34.5. The van der Waals surface area contributed by atoms with Crippen molar-refractivity contribution in [3.63, 3.8) is 0 Å². The standard InChI is InChI=1S/C46H43ClN2O/c1-28-23-32(48(31-14-11-13-30(47)26-31)39-18-12-20-41-42(39)35-16-8-10-19-40(35)50-41)27-33(24-28)49-38-22-21-29(45(2,3)4)25-36(38)43-44(49)34-15-7-9-17-37(34)46(43,5)6/h7-11,13-17,19,21-27,41H,12,18,20H2,1-6H3. The molecule has 3 aliphatic rings. The average Bonchev–Trinajstić information content (AvgIpc) is 3.71. The minimum Gasteiger partial charge on any atom is -0.485 e. The van der Waals surface area contributed by atoms with E-state index in [4.69, 9.17) is 16.3 Å². The van der Waals surface area contributed by atoms with Crippen LogP contribution in [0.25, 0.3) is 33.4 Å². The molecule has 1 unspecified atom stereocenters. The maximum Gasteiger partial charge on any atom is 0.127 e. The van der Waals surface area contributed by atoms with Crippen molar-refractivity contribution in [3.8, 4) is 22.7 Å². The quantitative estimate of drug-likeness (QED) is 0.185. The van der Waals surface area contributed by atoms with Crippen LogP contribution in [0.15, 0.2) is 115 Å². The van der Waals surface area contributed by atoms with Crippen molar-refractivity contribution in [3.05, 3.63) is 148 Å². The Morgan fingerprint density at radius 2 is 1.60 bits per heavy atom. The Bertz CT molecular complexity index is 2390. The topological polar surface area (TPSA) is 17.4 Å². The van der Waals surface area contributed by atoms with Gasteiger partial charge in [-0.05, 0) is 108 Å². The van der Waals surface area contributed by atoms with E-state index in [0.29, 0.717) is 0 Å². The number of para-hydroxylation sites is 1. The number of aromatic nitrogens is 1. The van der Waals surface area contributed by atoms with Gasteiger partial charge in [0.15, 0.2) is 0 Å². The Labute approximate surface area is 300 Å². The Morgan fingerprint density at radius 3 is 2.40 bits per heavy atom. The molecule has 6 aromatic rings. The molecule has 0 radical (unpaired) electrons. The summed E-state index contributed by atoms with van der Waals surface area (Å²) in [5.74, 6) is 0.980. The predicted octanol–water partition coefficient (Wildman–Crippen LogP) is 12.7. The SMILES string of the molecule is Cc1cc(N(C2=C3c4ccccc4OC3CCC2)c2cccc(Cl)c2)cc(-n2c3c(c4cc(C(C)(C)C)ccc42)C(C)(C)c2ccccc2-3)c1. The summed E-state index contributed by atoms with van der Waals surface area (Å²) >= 11 is 6.73. The fourth-order valence-electron chi connectivity index (χ4n) is 8.90. The van der Waals surface area contributed by atoms with E-state index in [1.165, 1.54) is 61.2 Å². The number of rotatable bonds is 4. The van der Waals surface area contributed by atoms with Gasteiger partial charge >= 0.3 is 0 Å². The van der Waals surface area contributed by atoms with Crippen molar-refractivity contribution in [2.24, 2.45) is 0 Å². The second-order valence-corrected chi connectivity index (χ2v) is 16.3. The van der Waals surface area contributed by atoms with E-state index in [1.807, 2.05) is 6.07 Å². The minimum absolute atomic E-state index is 0.0437. The molecule has 1 aliphatic heterocycles.